The van der Waals surface area contributed by atoms with Crippen LogP contribution < -0.4 is 5.32 Å². The average molecular weight is 269 g/mol. The molecular weight excluding hydrogens is 234 g/mol. The topological polar surface area (TPSA) is 18.5 Å². The van der Waals surface area contributed by atoms with Crippen LogP contribution in [0.15, 0.2) is 0 Å². The van der Waals surface area contributed by atoms with Crippen LogP contribution in [0.2, 0.25) is 0 Å². The van der Waals surface area contributed by atoms with Gasteiger partial charge in [-0.2, -0.15) is 0 Å². The summed E-state index contributed by atoms with van der Waals surface area (Å²) in [5.41, 5.74) is 0. The highest BCUT2D eigenvalue weighted by molar-refractivity contribution is 4.81. The number of nitrogens with one attached hydrogen (secondary N) is 1. The molecule has 0 aromatic rings. The Labute approximate surface area is 120 Å². The molecule has 1 heterocycles. The van der Waals surface area contributed by atoms with Crippen LogP contribution in [0.4, 0.5) is 0 Å². The molecule has 0 radical (unpaired) electrons. The summed E-state index contributed by atoms with van der Waals surface area (Å²) in [5, 5.41) is 3.67. The van der Waals surface area contributed by atoms with Crippen molar-refractivity contribution in [2.24, 2.45) is 5.92 Å². The second kappa shape index (κ2) is 8.93. The zero-order valence-corrected chi connectivity index (χ0v) is 13.8. The zero-order chi connectivity index (χ0) is 14.3. The highest BCUT2D eigenvalue weighted by Crippen LogP contribution is 2.12. The number of hydrogen-bond donors (Lipinski definition) is 1. The van der Waals surface area contributed by atoms with Crippen molar-refractivity contribution >= 4 is 0 Å². The summed E-state index contributed by atoms with van der Waals surface area (Å²) < 4.78 is 0. The molecule has 1 fully saturated rings. The van der Waals surface area contributed by atoms with E-state index in [9.17, 15) is 0 Å². The molecule has 1 aliphatic heterocycles. The Morgan fingerprint density at radius 1 is 1.26 bits per heavy atom. The van der Waals surface area contributed by atoms with E-state index in [2.05, 4.69) is 49.9 Å². The molecule has 1 aliphatic rings. The SMILES string of the molecule is CCC(C)C1CN(CCCCN(C)C(C)C)CCN1. The Morgan fingerprint density at radius 3 is 2.63 bits per heavy atom. The van der Waals surface area contributed by atoms with Crippen LogP contribution in [-0.4, -0.2) is 61.7 Å². The lowest BCUT2D eigenvalue weighted by molar-refractivity contribution is 0.163. The minimum Gasteiger partial charge on any atom is -0.311 e. The van der Waals surface area contributed by atoms with E-state index < -0.39 is 0 Å². The monoisotopic (exact) mass is 269 g/mol. The van der Waals surface area contributed by atoms with Crippen LogP contribution in [0.1, 0.15) is 47.0 Å². The van der Waals surface area contributed by atoms with Crippen molar-refractivity contribution in [3.63, 3.8) is 0 Å². The van der Waals surface area contributed by atoms with E-state index in [-0.39, 0.29) is 0 Å². The van der Waals surface area contributed by atoms with Gasteiger partial charge in [0.1, 0.15) is 0 Å². The van der Waals surface area contributed by atoms with E-state index >= 15 is 0 Å². The van der Waals surface area contributed by atoms with Crippen molar-refractivity contribution in [2.45, 2.75) is 59.0 Å². The van der Waals surface area contributed by atoms with Crippen LogP contribution in [0.25, 0.3) is 0 Å². The average Bonchev–Trinajstić information content (AvgIpc) is 2.42. The molecule has 0 aliphatic carbocycles. The molecule has 114 valence electrons. The van der Waals surface area contributed by atoms with Gasteiger partial charge in [0.2, 0.25) is 0 Å². The lowest BCUT2D eigenvalue weighted by atomic mass is 9.97. The van der Waals surface area contributed by atoms with Crippen LogP contribution in [-0.2, 0) is 0 Å². The Balaban J connectivity index is 2.15. The summed E-state index contributed by atoms with van der Waals surface area (Å²) in [7, 11) is 2.23. The van der Waals surface area contributed by atoms with Gasteiger partial charge < -0.3 is 15.1 Å². The Hall–Kier alpha value is -0.120. The lowest BCUT2D eigenvalue weighted by Gasteiger charge is -2.36. The van der Waals surface area contributed by atoms with Crippen molar-refractivity contribution in [1.29, 1.82) is 0 Å². The van der Waals surface area contributed by atoms with Gasteiger partial charge in [0.15, 0.2) is 0 Å². The fourth-order valence-electron chi connectivity index (χ4n) is 2.67. The van der Waals surface area contributed by atoms with Gasteiger partial charge in [0, 0.05) is 31.7 Å². The van der Waals surface area contributed by atoms with Crippen LogP contribution in [0.3, 0.4) is 0 Å². The standard InChI is InChI=1S/C16H35N3/c1-6-15(4)16-13-19(12-9-17-16)11-8-7-10-18(5)14(2)3/h14-17H,6-13H2,1-5H3. The molecule has 0 aromatic heterocycles. The van der Waals surface area contributed by atoms with Crippen molar-refractivity contribution in [3.05, 3.63) is 0 Å². The summed E-state index contributed by atoms with van der Waals surface area (Å²) >= 11 is 0. The molecule has 0 bridgehead atoms. The molecule has 2 atom stereocenters. The molecule has 19 heavy (non-hydrogen) atoms. The van der Waals surface area contributed by atoms with E-state index in [1.807, 2.05) is 0 Å². The molecule has 0 saturated carbocycles. The first-order valence-corrected chi connectivity index (χ1v) is 8.20. The first kappa shape index (κ1) is 16.9. The van der Waals surface area contributed by atoms with Gasteiger partial charge in [-0.25, -0.2) is 0 Å². The molecule has 1 N–H and O–H groups in total. The van der Waals surface area contributed by atoms with Crippen molar-refractivity contribution in [3.8, 4) is 0 Å². The second-order valence-corrected chi connectivity index (χ2v) is 6.53. The van der Waals surface area contributed by atoms with Crippen molar-refractivity contribution < 1.29 is 0 Å². The molecule has 1 saturated heterocycles. The largest absolute Gasteiger partial charge is 0.311 e. The van der Waals surface area contributed by atoms with E-state index in [1.54, 1.807) is 0 Å². The van der Waals surface area contributed by atoms with Gasteiger partial charge in [0.05, 0.1) is 0 Å². The first-order valence-electron chi connectivity index (χ1n) is 8.20. The Kier molecular flexibility index (Phi) is 7.96. The zero-order valence-electron chi connectivity index (χ0n) is 13.8. The molecule has 0 amide bonds. The third-order valence-corrected chi connectivity index (χ3v) is 4.74. The Bertz CT molecular complexity index is 230. The van der Waals surface area contributed by atoms with Gasteiger partial charge in [-0.1, -0.05) is 20.3 Å². The minimum atomic E-state index is 0.675. The molecule has 0 aromatic carbocycles. The van der Waals surface area contributed by atoms with Crippen LogP contribution in [0.5, 0.6) is 0 Å². The smallest absolute Gasteiger partial charge is 0.0221 e. The summed E-state index contributed by atoms with van der Waals surface area (Å²) in [6.45, 7) is 15.4. The molecule has 1 rings (SSSR count). The maximum absolute atomic E-state index is 3.67. The first-order chi connectivity index (χ1) is 9.04. The molecule has 3 heteroatoms. The number of rotatable bonds is 8. The summed E-state index contributed by atoms with van der Waals surface area (Å²) in [4.78, 5) is 5.10. The lowest BCUT2D eigenvalue weighted by Crippen LogP contribution is -2.53. The number of hydrogen-bond acceptors (Lipinski definition) is 3. The second-order valence-electron chi connectivity index (χ2n) is 6.53. The van der Waals surface area contributed by atoms with Gasteiger partial charge >= 0.3 is 0 Å². The van der Waals surface area contributed by atoms with Gasteiger partial charge in [-0.3, -0.25) is 0 Å². The third kappa shape index (κ3) is 6.24. The number of unbranched alkanes of at least 4 members (excludes halogenated alkanes) is 1. The molecular formula is C16H35N3. The summed E-state index contributed by atoms with van der Waals surface area (Å²) in [6.07, 6.45) is 3.95. The number of nitrogens with zero attached hydrogens (tertiary/aromatic N) is 2. The molecule has 3 nitrogen and oxygen atoms in total. The Morgan fingerprint density at radius 2 is 2.00 bits per heavy atom. The maximum Gasteiger partial charge on any atom is 0.0221 e. The quantitative estimate of drug-likeness (QED) is 0.683. The fraction of sp³-hybridized carbons (Fsp3) is 1.00. The number of piperazine rings is 1. The predicted octanol–water partition coefficient (Wildman–Crippen LogP) is 2.43. The van der Waals surface area contributed by atoms with Gasteiger partial charge in [0.25, 0.3) is 0 Å². The van der Waals surface area contributed by atoms with Crippen LogP contribution in [0, 0.1) is 5.92 Å². The summed E-state index contributed by atoms with van der Waals surface area (Å²) in [5.74, 6) is 0.801. The maximum atomic E-state index is 3.67. The van der Waals surface area contributed by atoms with Gasteiger partial charge in [-0.05, 0) is 52.7 Å². The summed E-state index contributed by atoms with van der Waals surface area (Å²) in [6, 6.07) is 1.38. The van der Waals surface area contributed by atoms with Crippen molar-refractivity contribution in [2.75, 3.05) is 39.8 Å². The van der Waals surface area contributed by atoms with Gasteiger partial charge in [-0.15, -0.1) is 0 Å². The van der Waals surface area contributed by atoms with E-state index in [0.717, 1.165) is 5.92 Å². The van der Waals surface area contributed by atoms with E-state index in [4.69, 9.17) is 0 Å². The van der Waals surface area contributed by atoms with E-state index in [1.165, 1.54) is 52.0 Å². The third-order valence-electron chi connectivity index (χ3n) is 4.74. The van der Waals surface area contributed by atoms with E-state index in [0.29, 0.717) is 12.1 Å². The van der Waals surface area contributed by atoms with Crippen molar-refractivity contribution in [1.82, 2.24) is 15.1 Å². The predicted molar refractivity (Wildman–Crippen MR) is 84.7 cm³/mol. The normalized spacial score (nSPS) is 23.2. The highest BCUT2D eigenvalue weighted by Gasteiger charge is 2.22. The molecule has 0 spiro atoms. The fourth-order valence-corrected chi connectivity index (χ4v) is 2.67. The minimum absolute atomic E-state index is 0.675. The van der Waals surface area contributed by atoms with Crippen LogP contribution >= 0.6 is 0 Å². The highest BCUT2D eigenvalue weighted by atomic mass is 15.2. The molecule has 2 unspecified atom stereocenters.